The fourth-order valence-electron chi connectivity index (χ4n) is 4.77. The van der Waals surface area contributed by atoms with Crippen molar-refractivity contribution in [3.05, 3.63) is 54.5 Å². The van der Waals surface area contributed by atoms with Crippen LogP contribution in [-0.2, 0) is 21.0 Å². The lowest BCUT2D eigenvalue weighted by molar-refractivity contribution is -0.114. The molecule has 1 unspecified atom stereocenters. The number of hydrogen-bond donors (Lipinski definition) is 2. The number of carbonyl (C=O) groups is 2. The number of nitrogens with zero attached hydrogens (tertiary/aromatic N) is 4. The number of methoxy groups -OCH3 is 1. The summed E-state index contributed by atoms with van der Waals surface area (Å²) in [5.41, 5.74) is 10.8. The van der Waals surface area contributed by atoms with Gasteiger partial charge in [0.2, 0.25) is 11.8 Å². The van der Waals surface area contributed by atoms with Gasteiger partial charge in [-0.3, -0.25) is 9.78 Å². The molecule has 11 nitrogen and oxygen atoms in total. The average Bonchev–Trinajstić information content (AvgIpc) is 3.27. The molecule has 4 rings (SSSR count). The van der Waals surface area contributed by atoms with Gasteiger partial charge in [0.25, 0.3) is 0 Å². The Kier molecular flexibility index (Phi) is 9.58. The maximum absolute atomic E-state index is 11.9. The van der Waals surface area contributed by atoms with Crippen molar-refractivity contribution < 1.29 is 23.8 Å². The largest absolute Gasteiger partial charge is 0.481 e. The molecule has 4 aromatic rings. The highest BCUT2D eigenvalue weighted by Gasteiger charge is 2.27. The monoisotopic (exact) mass is 590 g/mol. The van der Waals surface area contributed by atoms with Gasteiger partial charge in [0.05, 0.1) is 23.8 Å². The summed E-state index contributed by atoms with van der Waals surface area (Å²) >= 11 is 0. The van der Waals surface area contributed by atoms with Crippen molar-refractivity contribution in [2.24, 2.45) is 5.73 Å². The number of nitrogens with two attached hydrogens (primary N) is 1. The molecule has 0 radical (unpaired) electrons. The molecule has 3 N–H and O–H groups in total. The van der Waals surface area contributed by atoms with Gasteiger partial charge in [-0.25, -0.2) is 14.8 Å². The molecular formula is C30H38N6O5Si. The van der Waals surface area contributed by atoms with E-state index in [2.05, 4.69) is 34.9 Å². The van der Waals surface area contributed by atoms with Gasteiger partial charge >= 0.3 is 6.09 Å². The van der Waals surface area contributed by atoms with Gasteiger partial charge in [-0.05, 0) is 36.7 Å². The van der Waals surface area contributed by atoms with Crippen LogP contribution in [0.2, 0.25) is 25.7 Å². The fourth-order valence-corrected chi connectivity index (χ4v) is 5.53. The van der Waals surface area contributed by atoms with Gasteiger partial charge in [0.15, 0.2) is 0 Å². The Bertz CT molecular complexity index is 1570. The van der Waals surface area contributed by atoms with Crippen molar-refractivity contribution in [3.8, 4) is 28.3 Å². The maximum Gasteiger partial charge on any atom is 0.405 e. The fraction of sp³-hybridized carbons (Fsp3) is 0.367. The number of fused-ring (bicyclic) bond motifs is 1. The van der Waals surface area contributed by atoms with Crippen molar-refractivity contribution >= 4 is 36.9 Å². The van der Waals surface area contributed by atoms with E-state index in [1.54, 1.807) is 31.8 Å². The van der Waals surface area contributed by atoms with Gasteiger partial charge < -0.3 is 29.8 Å². The zero-order chi connectivity index (χ0) is 30.4. The lowest BCUT2D eigenvalue weighted by Crippen LogP contribution is -2.22. The molecule has 2 amide bonds. The van der Waals surface area contributed by atoms with E-state index < -0.39 is 20.3 Å². The summed E-state index contributed by atoms with van der Waals surface area (Å²) < 4.78 is 19.2. The Morgan fingerprint density at radius 2 is 1.83 bits per heavy atom. The van der Waals surface area contributed by atoms with Crippen LogP contribution in [0.4, 0.5) is 10.6 Å². The van der Waals surface area contributed by atoms with Crippen molar-refractivity contribution in [1.82, 2.24) is 19.5 Å². The van der Waals surface area contributed by atoms with Crippen LogP contribution >= 0.6 is 0 Å². The van der Waals surface area contributed by atoms with Crippen LogP contribution in [0.5, 0.6) is 5.88 Å². The molecule has 0 saturated heterocycles. The highest BCUT2D eigenvalue weighted by molar-refractivity contribution is 6.76. The molecule has 0 aliphatic carbocycles. The molecular weight excluding hydrogens is 552 g/mol. The van der Waals surface area contributed by atoms with Crippen LogP contribution in [0.1, 0.15) is 31.9 Å². The number of ether oxygens (including phenoxy) is 3. The van der Waals surface area contributed by atoms with E-state index in [1.807, 2.05) is 35.8 Å². The number of rotatable bonds is 12. The second kappa shape index (κ2) is 13.1. The van der Waals surface area contributed by atoms with Gasteiger partial charge in [-0.15, -0.1) is 0 Å². The van der Waals surface area contributed by atoms with E-state index in [1.165, 1.54) is 6.92 Å². The van der Waals surface area contributed by atoms with Crippen LogP contribution in [0.25, 0.3) is 33.4 Å². The third kappa shape index (κ3) is 7.12. The molecule has 0 aromatic carbocycles. The first-order valence-electron chi connectivity index (χ1n) is 13.8. The third-order valence-corrected chi connectivity index (χ3v) is 8.44. The number of amides is 2. The summed E-state index contributed by atoms with van der Waals surface area (Å²) in [6, 6.07) is 10.2. The van der Waals surface area contributed by atoms with Crippen LogP contribution in [0.3, 0.4) is 0 Å². The normalized spacial score (nSPS) is 12.2. The molecule has 0 aliphatic heterocycles. The third-order valence-electron chi connectivity index (χ3n) is 6.73. The Labute approximate surface area is 246 Å². The number of anilines is 1. The average molecular weight is 591 g/mol. The van der Waals surface area contributed by atoms with E-state index in [9.17, 15) is 9.59 Å². The van der Waals surface area contributed by atoms with Gasteiger partial charge in [-0.2, -0.15) is 0 Å². The zero-order valence-corrected chi connectivity index (χ0v) is 25.9. The molecule has 4 heterocycles. The quantitative estimate of drug-likeness (QED) is 0.151. The SMILES string of the molecule is CCC(OC(N)=O)c1ccnc2c(-c3ccc(OC)nc3)c(-c3ccnc(NC(C)=O)c3)n(COCC[Si](C)(C)C)c12. The first-order valence-corrected chi connectivity index (χ1v) is 17.5. The minimum absolute atomic E-state index is 0.212. The van der Waals surface area contributed by atoms with E-state index in [-0.39, 0.29) is 12.6 Å². The van der Waals surface area contributed by atoms with E-state index in [4.69, 9.17) is 24.9 Å². The summed E-state index contributed by atoms with van der Waals surface area (Å²) in [6.07, 6.45) is 4.11. The molecule has 0 aliphatic rings. The summed E-state index contributed by atoms with van der Waals surface area (Å²) in [7, 11) is 0.219. The zero-order valence-electron chi connectivity index (χ0n) is 24.9. The molecule has 0 spiro atoms. The van der Waals surface area contributed by atoms with Crippen molar-refractivity contribution in [2.75, 3.05) is 19.0 Å². The van der Waals surface area contributed by atoms with Crippen LogP contribution in [-0.4, -0.2) is 53.3 Å². The predicted molar refractivity (Wildman–Crippen MR) is 165 cm³/mol. The molecule has 0 fully saturated rings. The summed E-state index contributed by atoms with van der Waals surface area (Å²) in [6.45, 7) is 11.1. The molecule has 42 heavy (non-hydrogen) atoms. The highest BCUT2D eigenvalue weighted by Crippen LogP contribution is 2.43. The highest BCUT2D eigenvalue weighted by atomic mass is 28.3. The Balaban J connectivity index is 2.04. The second-order valence-electron chi connectivity index (χ2n) is 11.1. The predicted octanol–water partition coefficient (Wildman–Crippen LogP) is 5.99. The number of primary amides is 1. The summed E-state index contributed by atoms with van der Waals surface area (Å²) in [5, 5.41) is 2.77. The number of hydrogen-bond acceptors (Lipinski definition) is 8. The van der Waals surface area contributed by atoms with Gasteiger partial charge in [0.1, 0.15) is 18.7 Å². The first-order chi connectivity index (χ1) is 20.0. The molecule has 12 heteroatoms. The Morgan fingerprint density at radius 1 is 1.07 bits per heavy atom. The van der Waals surface area contributed by atoms with Crippen molar-refractivity contribution in [2.45, 2.75) is 58.8 Å². The van der Waals surface area contributed by atoms with Crippen LogP contribution in [0.15, 0.2) is 48.9 Å². The number of aromatic nitrogens is 4. The van der Waals surface area contributed by atoms with Crippen LogP contribution in [0, 0.1) is 0 Å². The number of pyridine rings is 3. The maximum atomic E-state index is 11.9. The minimum atomic E-state index is -1.35. The second-order valence-corrected chi connectivity index (χ2v) is 16.8. The Morgan fingerprint density at radius 3 is 2.45 bits per heavy atom. The lowest BCUT2D eigenvalue weighted by Gasteiger charge is -2.20. The topological polar surface area (TPSA) is 143 Å². The molecule has 0 bridgehead atoms. The summed E-state index contributed by atoms with van der Waals surface area (Å²) in [4.78, 5) is 37.3. The first kappa shape index (κ1) is 30.7. The number of nitrogens with one attached hydrogen (secondary N) is 1. The number of carbonyl (C=O) groups excluding carboxylic acids is 2. The van der Waals surface area contributed by atoms with E-state index in [0.29, 0.717) is 30.2 Å². The molecule has 4 aromatic heterocycles. The van der Waals surface area contributed by atoms with Crippen molar-refractivity contribution in [3.63, 3.8) is 0 Å². The minimum Gasteiger partial charge on any atom is -0.481 e. The van der Waals surface area contributed by atoms with Crippen molar-refractivity contribution in [1.29, 1.82) is 0 Å². The standard InChI is InChI=1S/C30H38N6O5Si/c1-7-23(41-30(31)38)22-11-13-33-27-26(21-8-9-25(39-3)34-17-21)28(20-10-12-32-24(16-20)35-19(2)37)36(29(22)27)18-40-14-15-42(4,5)6/h8-13,16-17,23H,7,14-15,18H2,1-6H3,(H2,31,38)(H,32,35,37). The Hall–Kier alpha value is -4.29. The van der Waals surface area contributed by atoms with Gasteiger partial charge in [0, 0.05) is 68.5 Å². The lowest BCUT2D eigenvalue weighted by atomic mass is 10.0. The van der Waals surface area contributed by atoms with Gasteiger partial charge in [-0.1, -0.05) is 26.6 Å². The smallest absolute Gasteiger partial charge is 0.405 e. The van der Waals surface area contributed by atoms with Crippen LogP contribution < -0.4 is 15.8 Å². The molecule has 222 valence electrons. The van der Waals surface area contributed by atoms with E-state index in [0.717, 1.165) is 39.5 Å². The summed E-state index contributed by atoms with van der Waals surface area (Å²) in [5.74, 6) is 0.657. The van der Waals surface area contributed by atoms with E-state index >= 15 is 0 Å². The molecule has 1 atom stereocenters. The molecule has 0 saturated carbocycles.